The van der Waals surface area contributed by atoms with Crippen LogP contribution in [0.4, 0.5) is 5.69 Å². The van der Waals surface area contributed by atoms with E-state index in [1.54, 1.807) is 26.0 Å². The lowest BCUT2D eigenvalue weighted by atomic mass is 9.99. The van der Waals surface area contributed by atoms with E-state index in [9.17, 15) is 23.1 Å². The topological polar surface area (TPSA) is 186 Å². The molecule has 4 rings (SSSR count). The molecule has 216 valence electrons. The Labute approximate surface area is 231 Å². The number of sulfonamides is 1. The average molecular weight is 577 g/mol. The zero-order chi connectivity index (χ0) is 29.2. The van der Waals surface area contributed by atoms with Crippen molar-refractivity contribution in [3.8, 4) is 5.75 Å². The predicted molar refractivity (Wildman–Crippen MR) is 140 cm³/mol. The van der Waals surface area contributed by atoms with Gasteiger partial charge in [0.1, 0.15) is 35.3 Å². The molecule has 2 amide bonds. The zero-order valence-electron chi connectivity index (χ0n) is 22.8. The minimum Gasteiger partial charge on any atom is -0.488 e. The largest absolute Gasteiger partial charge is 0.488 e. The van der Waals surface area contributed by atoms with Crippen molar-refractivity contribution in [3.63, 3.8) is 0 Å². The number of fused-ring (bicyclic) bond motifs is 1. The molecule has 3 heterocycles. The van der Waals surface area contributed by atoms with E-state index in [1.807, 2.05) is 6.92 Å². The molecule has 3 aromatic rings. The average Bonchev–Trinajstić information content (AvgIpc) is 3.54. The van der Waals surface area contributed by atoms with Gasteiger partial charge in [0.05, 0.1) is 24.8 Å². The third kappa shape index (κ3) is 5.97. The fourth-order valence-electron chi connectivity index (χ4n) is 4.47. The smallest absolute Gasteiger partial charge is 0.258 e. The van der Waals surface area contributed by atoms with Gasteiger partial charge in [-0.15, -0.1) is 5.10 Å². The Kier molecular flexibility index (Phi) is 8.51. The highest BCUT2D eigenvalue weighted by atomic mass is 32.2. The molecule has 3 atom stereocenters. The second-order valence-corrected chi connectivity index (χ2v) is 11.8. The molecule has 16 heteroatoms. The highest BCUT2D eigenvalue weighted by Crippen LogP contribution is 2.31. The van der Waals surface area contributed by atoms with E-state index in [4.69, 9.17) is 9.26 Å². The van der Waals surface area contributed by atoms with Gasteiger partial charge in [0.25, 0.3) is 5.91 Å². The Morgan fingerprint density at radius 1 is 1.32 bits per heavy atom. The van der Waals surface area contributed by atoms with Crippen LogP contribution in [0.1, 0.15) is 35.7 Å². The van der Waals surface area contributed by atoms with Crippen molar-refractivity contribution in [2.24, 2.45) is 5.92 Å². The number of aromatic nitrogens is 5. The van der Waals surface area contributed by atoms with Crippen LogP contribution in [0.2, 0.25) is 0 Å². The minimum absolute atomic E-state index is 0.00154. The second-order valence-electron chi connectivity index (χ2n) is 9.83. The summed E-state index contributed by atoms with van der Waals surface area (Å²) in [5.41, 5.74) is 0.756. The van der Waals surface area contributed by atoms with Gasteiger partial charge in [-0.05, 0) is 49.4 Å². The molecule has 0 saturated heterocycles. The van der Waals surface area contributed by atoms with Crippen molar-refractivity contribution in [1.82, 2.24) is 34.6 Å². The minimum atomic E-state index is -3.95. The molecule has 1 aromatic carbocycles. The number of aliphatic hydroxyl groups is 1. The number of nitrogens with one attached hydrogen (secondary N) is 1. The summed E-state index contributed by atoms with van der Waals surface area (Å²) in [5.74, 6) is -0.716. The van der Waals surface area contributed by atoms with Crippen molar-refractivity contribution in [2.45, 2.75) is 51.3 Å². The van der Waals surface area contributed by atoms with Crippen LogP contribution in [0.25, 0.3) is 0 Å². The van der Waals surface area contributed by atoms with E-state index in [2.05, 4.69) is 26.0 Å². The second kappa shape index (κ2) is 11.7. The maximum absolute atomic E-state index is 13.6. The number of carbonyl (C=O) groups excluding carboxylic acids is 2. The molecular formula is C24H32N8O7S. The van der Waals surface area contributed by atoms with Crippen LogP contribution in [0.15, 0.2) is 33.9 Å². The van der Waals surface area contributed by atoms with Crippen LogP contribution in [0.3, 0.4) is 0 Å². The van der Waals surface area contributed by atoms with E-state index < -0.39 is 34.0 Å². The molecule has 0 radical (unpaired) electrons. The molecule has 0 spiro atoms. The molecule has 15 nitrogen and oxygen atoms in total. The summed E-state index contributed by atoms with van der Waals surface area (Å²) >= 11 is 0. The number of anilines is 1. The predicted octanol–water partition coefficient (Wildman–Crippen LogP) is 0.457. The number of aryl methyl sites for hydroxylation is 2. The van der Waals surface area contributed by atoms with Crippen LogP contribution in [-0.2, 0) is 21.4 Å². The first-order chi connectivity index (χ1) is 18.9. The molecule has 0 saturated carbocycles. The first-order valence-corrected chi connectivity index (χ1v) is 14.0. The van der Waals surface area contributed by atoms with Crippen LogP contribution in [-0.4, -0.2) is 98.8 Å². The Balaban J connectivity index is 1.64. The van der Waals surface area contributed by atoms with Crippen LogP contribution >= 0.6 is 0 Å². The molecule has 2 N–H and O–H groups in total. The number of likely N-dealkylation sites (N-methyl/N-ethyl adjacent to an activating group) is 1. The summed E-state index contributed by atoms with van der Waals surface area (Å²) < 4.78 is 40.5. The quantitative estimate of drug-likeness (QED) is 0.360. The summed E-state index contributed by atoms with van der Waals surface area (Å²) in [6.45, 7) is 6.41. The molecule has 0 unspecified atom stereocenters. The van der Waals surface area contributed by atoms with Crippen molar-refractivity contribution >= 4 is 27.5 Å². The van der Waals surface area contributed by atoms with Gasteiger partial charge in [-0.1, -0.05) is 12.1 Å². The standard InChI is InChI=1S/C24H32N8O7S/c1-14-9-32(15(2)12-33)24(35)19-8-18(26-22(34)11-31-13-25-28-29-31)6-7-20(19)38-21(14)10-30(5)40(36,37)23-16(3)27-39-17(23)4/h6-8,13-15,21,33H,9-12H2,1-5H3,(H,26,34)/t14-,15+,21+/m0/s1. The monoisotopic (exact) mass is 576 g/mol. The first-order valence-electron chi connectivity index (χ1n) is 12.5. The third-order valence-electron chi connectivity index (χ3n) is 6.72. The summed E-state index contributed by atoms with van der Waals surface area (Å²) in [7, 11) is -2.51. The SMILES string of the molecule is Cc1noc(C)c1S(=O)(=O)N(C)C[C@H]1Oc2ccc(NC(=O)Cn3cnnn3)cc2C(=O)N([C@H](C)CO)C[C@@H]1C. The normalized spacial score (nSPS) is 18.6. The fourth-order valence-corrected chi connectivity index (χ4v) is 5.93. The van der Waals surface area contributed by atoms with Gasteiger partial charge in [-0.2, -0.15) is 4.31 Å². The number of amides is 2. The lowest BCUT2D eigenvalue weighted by molar-refractivity contribution is -0.116. The van der Waals surface area contributed by atoms with E-state index >= 15 is 0 Å². The molecule has 0 fully saturated rings. The van der Waals surface area contributed by atoms with Crippen molar-refractivity contribution in [3.05, 3.63) is 41.5 Å². The third-order valence-corrected chi connectivity index (χ3v) is 8.79. The Morgan fingerprint density at radius 2 is 2.08 bits per heavy atom. The number of rotatable bonds is 9. The molecule has 40 heavy (non-hydrogen) atoms. The number of hydrogen-bond donors (Lipinski definition) is 2. The number of benzene rings is 1. The highest BCUT2D eigenvalue weighted by Gasteiger charge is 2.36. The van der Waals surface area contributed by atoms with Gasteiger partial charge in [0.15, 0.2) is 5.76 Å². The number of carbonyl (C=O) groups is 2. The van der Waals surface area contributed by atoms with E-state index in [1.165, 1.54) is 40.3 Å². The van der Waals surface area contributed by atoms with Gasteiger partial charge in [0, 0.05) is 25.2 Å². The van der Waals surface area contributed by atoms with Gasteiger partial charge < -0.3 is 24.6 Å². The maximum atomic E-state index is 13.6. The van der Waals surface area contributed by atoms with Crippen LogP contribution in [0, 0.1) is 19.8 Å². The molecule has 1 aliphatic rings. The molecule has 1 aliphatic heterocycles. The summed E-state index contributed by atoms with van der Waals surface area (Å²) in [6, 6.07) is 4.10. The van der Waals surface area contributed by atoms with Gasteiger partial charge >= 0.3 is 0 Å². The van der Waals surface area contributed by atoms with Gasteiger partial charge in [-0.3, -0.25) is 9.59 Å². The highest BCUT2D eigenvalue weighted by molar-refractivity contribution is 7.89. The molecule has 0 aliphatic carbocycles. The molecular weight excluding hydrogens is 544 g/mol. The van der Waals surface area contributed by atoms with Crippen LogP contribution in [0.5, 0.6) is 5.75 Å². The van der Waals surface area contributed by atoms with Crippen molar-refractivity contribution in [1.29, 1.82) is 0 Å². The van der Waals surface area contributed by atoms with E-state index in [-0.39, 0.29) is 59.8 Å². The lowest BCUT2D eigenvalue weighted by Gasteiger charge is -2.38. The van der Waals surface area contributed by atoms with Gasteiger partial charge in [0.2, 0.25) is 15.9 Å². The Hall–Kier alpha value is -3.89. The number of hydrogen-bond acceptors (Lipinski definition) is 11. The molecule has 2 aromatic heterocycles. The summed E-state index contributed by atoms with van der Waals surface area (Å²) in [5, 5.41) is 27.0. The Morgan fingerprint density at radius 3 is 2.70 bits per heavy atom. The van der Waals surface area contributed by atoms with Crippen molar-refractivity contribution < 1.29 is 32.4 Å². The first kappa shape index (κ1) is 29.1. The molecule has 0 bridgehead atoms. The Bertz CT molecular complexity index is 1450. The van der Waals surface area contributed by atoms with E-state index in [0.717, 1.165) is 0 Å². The fraction of sp³-hybridized carbons (Fsp3) is 0.500. The van der Waals surface area contributed by atoms with Gasteiger partial charge in [-0.25, -0.2) is 13.1 Å². The summed E-state index contributed by atoms with van der Waals surface area (Å²) in [4.78, 5) is 27.6. The zero-order valence-corrected chi connectivity index (χ0v) is 23.6. The maximum Gasteiger partial charge on any atom is 0.258 e. The summed E-state index contributed by atoms with van der Waals surface area (Å²) in [6.07, 6.45) is 0.635. The van der Waals surface area contributed by atoms with E-state index in [0.29, 0.717) is 5.69 Å². The number of tetrazole rings is 1. The number of ether oxygens (including phenoxy) is 1. The van der Waals surface area contributed by atoms with Crippen LogP contribution < -0.4 is 10.1 Å². The van der Waals surface area contributed by atoms with Crippen molar-refractivity contribution in [2.75, 3.05) is 32.1 Å². The number of nitrogens with zero attached hydrogens (tertiary/aromatic N) is 7. The lowest BCUT2D eigenvalue weighted by Crippen LogP contribution is -2.50. The number of aliphatic hydroxyl groups excluding tert-OH is 1.